The van der Waals surface area contributed by atoms with Gasteiger partial charge in [-0.1, -0.05) is 29.5 Å². The fourth-order valence-corrected chi connectivity index (χ4v) is 3.52. The van der Waals surface area contributed by atoms with E-state index in [4.69, 9.17) is 9.84 Å². The average molecular weight is 376 g/mol. The third kappa shape index (κ3) is 4.61. The Labute approximate surface area is 155 Å². The van der Waals surface area contributed by atoms with Crippen molar-refractivity contribution in [1.82, 2.24) is 19.7 Å². The Kier molecular flexibility index (Phi) is 5.89. The first-order valence-electron chi connectivity index (χ1n) is 8.24. The molecule has 1 atom stereocenters. The van der Waals surface area contributed by atoms with Gasteiger partial charge < -0.3 is 14.7 Å². The zero-order valence-corrected chi connectivity index (χ0v) is 15.2. The van der Waals surface area contributed by atoms with E-state index in [0.717, 1.165) is 11.3 Å². The Balaban J connectivity index is 1.59. The summed E-state index contributed by atoms with van der Waals surface area (Å²) in [6.45, 7) is 3.15. The van der Waals surface area contributed by atoms with Gasteiger partial charge in [-0.25, -0.2) is 0 Å². The van der Waals surface area contributed by atoms with E-state index in [9.17, 15) is 9.59 Å². The summed E-state index contributed by atoms with van der Waals surface area (Å²) in [5.41, 5.74) is 2.10. The number of benzene rings is 1. The first kappa shape index (κ1) is 18.4. The number of carboxylic acids is 1. The number of hydrogen-bond acceptors (Lipinski definition) is 6. The fraction of sp³-hybridized carbons (Fsp3) is 0.412. The van der Waals surface area contributed by atoms with Crippen LogP contribution in [-0.2, 0) is 14.3 Å². The number of nitrogens with zero attached hydrogens (tertiary/aromatic N) is 4. The number of amides is 1. The summed E-state index contributed by atoms with van der Waals surface area (Å²) in [6, 6.07) is 7.96. The third-order valence-corrected chi connectivity index (χ3v) is 4.97. The number of carbonyl (C=O) groups excluding carboxylic acids is 1. The second-order valence-electron chi connectivity index (χ2n) is 6.04. The highest BCUT2D eigenvalue weighted by molar-refractivity contribution is 7.99. The number of carbonyl (C=O) groups is 2. The van der Waals surface area contributed by atoms with E-state index >= 15 is 0 Å². The minimum atomic E-state index is -0.926. The lowest BCUT2D eigenvalue weighted by Crippen LogP contribution is -2.46. The molecule has 9 heteroatoms. The number of aliphatic carboxylic acids is 1. The summed E-state index contributed by atoms with van der Waals surface area (Å²) >= 11 is 1.31. The van der Waals surface area contributed by atoms with Gasteiger partial charge >= 0.3 is 5.97 Å². The first-order valence-corrected chi connectivity index (χ1v) is 9.22. The molecule has 8 nitrogen and oxygen atoms in total. The topological polar surface area (TPSA) is 97.5 Å². The number of ether oxygens (including phenoxy) is 1. The van der Waals surface area contributed by atoms with E-state index in [-0.39, 0.29) is 18.1 Å². The Morgan fingerprint density at radius 1 is 1.35 bits per heavy atom. The predicted molar refractivity (Wildman–Crippen MR) is 95.4 cm³/mol. The molecule has 0 bridgehead atoms. The molecule has 0 spiro atoms. The summed E-state index contributed by atoms with van der Waals surface area (Å²) in [5.74, 6) is -0.776. The summed E-state index contributed by atoms with van der Waals surface area (Å²) in [7, 11) is 0. The second kappa shape index (κ2) is 8.33. The van der Waals surface area contributed by atoms with E-state index < -0.39 is 12.1 Å². The molecule has 1 saturated heterocycles. The van der Waals surface area contributed by atoms with E-state index in [2.05, 4.69) is 10.2 Å². The van der Waals surface area contributed by atoms with Gasteiger partial charge in [0.05, 0.1) is 24.9 Å². The zero-order chi connectivity index (χ0) is 18.5. The number of hydrogen-bond donors (Lipinski definition) is 1. The zero-order valence-electron chi connectivity index (χ0n) is 14.4. The van der Waals surface area contributed by atoms with E-state index in [1.807, 2.05) is 35.8 Å². The van der Waals surface area contributed by atoms with Crippen molar-refractivity contribution in [2.45, 2.75) is 24.6 Å². The van der Waals surface area contributed by atoms with Crippen LogP contribution in [0.15, 0.2) is 35.7 Å². The summed E-state index contributed by atoms with van der Waals surface area (Å²) in [6.07, 6.45) is 1.07. The van der Waals surface area contributed by atoms with Gasteiger partial charge in [0, 0.05) is 18.8 Å². The fourth-order valence-electron chi connectivity index (χ4n) is 2.69. The van der Waals surface area contributed by atoms with Crippen LogP contribution in [0.4, 0.5) is 0 Å². The van der Waals surface area contributed by atoms with Gasteiger partial charge in [0.1, 0.15) is 6.33 Å². The molecule has 1 aromatic heterocycles. The van der Waals surface area contributed by atoms with Crippen molar-refractivity contribution >= 4 is 23.6 Å². The lowest BCUT2D eigenvalue weighted by Gasteiger charge is -2.32. The SMILES string of the molecule is Cc1ccc(-n2cnnc2SCC(=O)N2CCOC(CC(=O)O)C2)cc1. The molecule has 1 N–H and O–H groups in total. The molecule has 138 valence electrons. The van der Waals surface area contributed by atoms with Gasteiger partial charge in [-0.15, -0.1) is 10.2 Å². The molecule has 3 rings (SSSR count). The van der Waals surface area contributed by atoms with Crippen molar-refractivity contribution in [1.29, 1.82) is 0 Å². The molecule has 2 heterocycles. The van der Waals surface area contributed by atoms with Crippen molar-refractivity contribution in [3.8, 4) is 5.69 Å². The lowest BCUT2D eigenvalue weighted by molar-refractivity contribution is -0.146. The van der Waals surface area contributed by atoms with Gasteiger partial charge in [0.15, 0.2) is 5.16 Å². The highest BCUT2D eigenvalue weighted by atomic mass is 32.2. The molecule has 1 aromatic carbocycles. The monoisotopic (exact) mass is 376 g/mol. The summed E-state index contributed by atoms with van der Waals surface area (Å²) in [4.78, 5) is 24.9. The molecule has 1 unspecified atom stereocenters. The highest BCUT2D eigenvalue weighted by Crippen LogP contribution is 2.21. The molecule has 2 aromatic rings. The minimum Gasteiger partial charge on any atom is -0.481 e. The molecule has 1 amide bonds. The van der Waals surface area contributed by atoms with Crippen LogP contribution in [0.3, 0.4) is 0 Å². The van der Waals surface area contributed by atoms with E-state index in [1.54, 1.807) is 11.2 Å². The van der Waals surface area contributed by atoms with E-state index in [0.29, 0.717) is 24.9 Å². The standard InChI is InChI=1S/C17H20N4O4S/c1-12-2-4-13(5-3-12)21-11-18-19-17(21)26-10-15(22)20-6-7-25-14(9-20)8-16(23)24/h2-5,11,14H,6-10H2,1H3,(H,23,24). The lowest BCUT2D eigenvalue weighted by atomic mass is 10.2. The molecule has 0 radical (unpaired) electrons. The third-order valence-electron chi connectivity index (χ3n) is 4.05. The van der Waals surface area contributed by atoms with Crippen molar-refractivity contribution in [3.63, 3.8) is 0 Å². The number of carboxylic acid groups (broad SMARTS) is 1. The Morgan fingerprint density at radius 3 is 2.85 bits per heavy atom. The quantitative estimate of drug-likeness (QED) is 0.761. The summed E-state index contributed by atoms with van der Waals surface area (Å²) < 4.78 is 7.24. The molecule has 0 aliphatic carbocycles. The van der Waals surface area contributed by atoms with Gasteiger partial charge in [-0.2, -0.15) is 0 Å². The van der Waals surface area contributed by atoms with Gasteiger partial charge in [-0.3, -0.25) is 14.2 Å². The van der Waals surface area contributed by atoms with Crippen molar-refractivity contribution in [2.75, 3.05) is 25.4 Å². The number of morpholine rings is 1. The van der Waals surface area contributed by atoms with Crippen molar-refractivity contribution < 1.29 is 19.4 Å². The van der Waals surface area contributed by atoms with Crippen LogP contribution in [0.25, 0.3) is 5.69 Å². The Hall–Kier alpha value is -2.39. The smallest absolute Gasteiger partial charge is 0.306 e. The van der Waals surface area contributed by atoms with Crippen molar-refractivity contribution in [2.24, 2.45) is 0 Å². The molecule has 26 heavy (non-hydrogen) atoms. The Morgan fingerprint density at radius 2 is 2.12 bits per heavy atom. The van der Waals surface area contributed by atoms with Crippen LogP contribution in [-0.4, -0.2) is 68.2 Å². The normalized spacial score (nSPS) is 17.3. The second-order valence-corrected chi connectivity index (χ2v) is 6.98. The van der Waals surface area contributed by atoms with Crippen LogP contribution in [0, 0.1) is 6.92 Å². The van der Waals surface area contributed by atoms with Crippen LogP contribution >= 0.6 is 11.8 Å². The van der Waals surface area contributed by atoms with Gasteiger partial charge in [0.25, 0.3) is 0 Å². The van der Waals surface area contributed by atoms with Crippen LogP contribution in [0.1, 0.15) is 12.0 Å². The maximum Gasteiger partial charge on any atom is 0.306 e. The van der Waals surface area contributed by atoms with E-state index in [1.165, 1.54) is 11.8 Å². The maximum absolute atomic E-state index is 12.5. The molecular formula is C17H20N4O4S. The average Bonchev–Trinajstić information content (AvgIpc) is 3.08. The largest absolute Gasteiger partial charge is 0.481 e. The maximum atomic E-state index is 12.5. The minimum absolute atomic E-state index is 0.0628. The molecule has 0 saturated carbocycles. The van der Waals surface area contributed by atoms with Crippen LogP contribution < -0.4 is 0 Å². The van der Waals surface area contributed by atoms with Gasteiger partial charge in [-0.05, 0) is 19.1 Å². The molecule has 1 fully saturated rings. The van der Waals surface area contributed by atoms with Crippen LogP contribution in [0.5, 0.6) is 0 Å². The molecule has 1 aliphatic heterocycles. The molecule has 1 aliphatic rings. The van der Waals surface area contributed by atoms with Crippen LogP contribution in [0.2, 0.25) is 0 Å². The predicted octanol–water partition coefficient (Wildman–Crippen LogP) is 1.37. The molecular weight excluding hydrogens is 356 g/mol. The van der Waals surface area contributed by atoms with Gasteiger partial charge in [0.2, 0.25) is 5.91 Å². The summed E-state index contributed by atoms with van der Waals surface area (Å²) in [5, 5.41) is 17.5. The van der Waals surface area contributed by atoms with Crippen molar-refractivity contribution in [3.05, 3.63) is 36.2 Å². The highest BCUT2D eigenvalue weighted by Gasteiger charge is 2.26. The Bertz CT molecular complexity index is 777. The number of aromatic nitrogens is 3. The number of aryl methyl sites for hydroxylation is 1. The first-order chi connectivity index (χ1) is 12.5. The number of rotatable bonds is 6. The number of thioether (sulfide) groups is 1.